The first-order valence-electron chi connectivity index (χ1n) is 5.63. The molecule has 20 heavy (non-hydrogen) atoms. The minimum Gasteiger partial charge on any atom is -0.506 e. The minimum atomic E-state index is -4.17. The van der Waals surface area contributed by atoms with E-state index >= 15 is 0 Å². The zero-order valence-electron chi connectivity index (χ0n) is 10.00. The van der Waals surface area contributed by atoms with Crippen LogP contribution in [0.4, 0.5) is 10.1 Å². The van der Waals surface area contributed by atoms with E-state index in [0.717, 1.165) is 0 Å². The highest BCUT2D eigenvalue weighted by molar-refractivity contribution is 7.92. The number of carbonyl (C=O) groups is 1. The van der Waals surface area contributed by atoms with Crippen molar-refractivity contribution in [2.45, 2.75) is 0 Å². The standard InChI is InChI=1S/C12H9FN2O4S/c13-11-8-4-2-1-3-7(8)5-9(16)12(11)15-6-10(17)14-20(15,18)19/h1-5,16H,6H2,(H,14,17). The summed E-state index contributed by atoms with van der Waals surface area (Å²) in [5.41, 5.74) is -0.526. The van der Waals surface area contributed by atoms with E-state index in [1.165, 1.54) is 12.1 Å². The number of halogens is 1. The lowest BCUT2D eigenvalue weighted by atomic mass is 10.1. The molecule has 0 spiro atoms. The summed E-state index contributed by atoms with van der Waals surface area (Å²) < 4.78 is 40.2. The van der Waals surface area contributed by atoms with E-state index in [1.54, 1.807) is 22.9 Å². The van der Waals surface area contributed by atoms with Crippen LogP contribution in [-0.2, 0) is 15.0 Å². The SMILES string of the molecule is O=C1CN(c2c(O)cc3ccccc3c2F)S(=O)(=O)N1. The van der Waals surface area contributed by atoms with Crippen molar-refractivity contribution in [1.29, 1.82) is 0 Å². The van der Waals surface area contributed by atoms with Crippen LogP contribution < -0.4 is 9.03 Å². The van der Waals surface area contributed by atoms with Gasteiger partial charge in [-0.25, -0.2) is 13.4 Å². The van der Waals surface area contributed by atoms with Gasteiger partial charge in [0.25, 0.3) is 5.91 Å². The quantitative estimate of drug-likeness (QED) is 0.817. The van der Waals surface area contributed by atoms with Crippen LogP contribution >= 0.6 is 0 Å². The molecule has 0 radical (unpaired) electrons. The fourth-order valence-electron chi connectivity index (χ4n) is 2.16. The smallest absolute Gasteiger partial charge is 0.326 e. The number of fused-ring (bicyclic) bond motifs is 1. The van der Waals surface area contributed by atoms with Gasteiger partial charge in [0.1, 0.15) is 18.0 Å². The zero-order chi connectivity index (χ0) is 14.5. The van der Waals surface area contributed by atoms with Crippen LogP contribution in [0, 0.1) is 5.82 Å². The van der Waals surface area contributed by atoms with Gasteiger partial charge in [-0.15, -0.1) is 0 Å². The van der Waals surface area contributed by atoms with Crippen molar-refractivity contribution in [2.24, 2.45) is 0 Å². The summed E-state index contributed by atoms with van der Waals surface area (Å²) in [5.74, 6) is -2.21. The molecule has 0 atom stereocenters. The molecule has 1 fully saturated rings. The average Bonchev–Trinajstić information content (AvgIpc) is 2.63. The Morgan fingerprint density at radius 3 is 2.65 bits per heavy atom. The molecule has 104 valence electrons. The summed E-state index contributed by atoms with van der Waals surface area (Å²) in [6.45, 7) is -0.564. The van der Waals surface area contributed by atoms with Gasteiger partial charge in [0.2, 0.25) is 0 Å². The number of benzene rings is 2. The highest BCUT2D eigenvalue weighted by Gasteiger charge is 2.37. The molecule has 0 aromatic heterocycles. The van der Waals surface area contributed by atoms with Crippen LogP contribution in [0.3, 0.4) is 0 Å². The molecule has 1 saturated heterocycles. The van der Waals surface area contributed by atoms with Crippen LogP contribution in [-0.4, -0.2) is 26.0 Å². The van der Waals surface area contributed by atoms with Gasteiger partial charge in [0, 0.05) is 5.39 Å². The molecule has 6 nitrogen and oxygen atoms in total. The molecular formula is C12H9FN2O4S. The number of aromatic hydroxyl groups is 1. The molecule has 0 aliphatic carbocycles. The molecule has 1 aliphatic rings. The second kappa shape index (κ2) is 4.07. The largest absolute Gasteiger partial charge is 0.506 e. The fourth-order valence-corrected chi connectivity index (χ4v) is 3.33. The summed E-state index contributed by atoms with van der Waals surface area (Å²) in [7, 11) is -4.17. The van der Waals surface area contributed by atoms with Crippen LogP contribution in [0.1, 0.15) is 0 Å². The number of nitrogens with zero attached hydrogens (tertiary/aromatic N) is 1. The lowest BCUT2D eigenvalue weighted by Crippen LogP contribution is -2.30. The Morgan fingerprint density at radius 1 is 1.30 bits per heavy atom. The maximum Gasteiger partial charge on any atom is 0.326 e. The Hall–Kier alpha value is -2.35. The molecule has 2 aromatic rings. The third-order valence-electron chi connectivity index (χ3n) is 3.01. The minimum absolute atomic E-state index is 0.162. The molecule has 1 amide bonds. The van der Waals surface area contributed by atoms with E-state index in [2.05, 4.69) is 0 Å². The molecule has 1 aliphatic heterocycles. The number of carbonyl (C=O) groups excluding carboxylic acids is 1. The summed E-state index contributed by atoms with van der Waals surface area (Å²) in [6.07, 6.45) is 0. The Morgan fingerprint density at radius 2 is 2.00 bits per heavy atom. The summed E-state index contributed by atoms with van der Waals surface area (Å²) >= 11 is 0. The van der Waals surface area contributed by atoms with Crippen molar-refractivity contribution in [2.75, 3.05) is 10.8 Å². The van der Waals surface area contributed by atoms with Gasteiger partial charge >= 0.3 is 10.2 Å². The topological polar surface area (TPSA) is 86.7 Å². The Kier molecular flexibility index (Phi) is 2.58. The Balaban J connectivity index is 2.30. The maximum absolute atomic E-state index is 14.4. The average molecular weight is 296 g/mol. The number of hydrogen-bond donors (Lipinski definition) is 2. The van der Waals surface area contributed by atoms with E-state index < -0.39 is 39.9 Å². The predicted octanol–water partition coefficient (Wildman–Crippen LogP) is 0.865. The van der Waals surface area contributed by atoms with Crippen LogP contribution in [0.2, 0.25) is 0 Å². The first-order chi connectivity index (χ1) is 9.40. The number of rotatable bonds is 1. The van der Waals surface area contributed by atoms with Crippen molar-refractivity contribution >= 4 is 32.6 Å². The second-order valence-electron chi connectivity index (χ2n) is 4.32. The fraction of sp³-hybridized carbons (Fsp3) is 0.0833. The van der Waals surface area contributed by atoms with E-state index in [-0.39, 0.29) is 5.39 Å². The zero-order valence-corrected chi connectivity index (χ0v) is 10.8. The van der Waals surface area contributed by atoms with E-state index in [1.807, 2.05) is 0 Å². The molecule has 2 N–H and O–H groups in total. The second-order valence-corrected chi connectivity index (χ2v) is 5.91. The van der Waals surface area contributed by atoms with Gasteiger partial charge in [-0.1, -0.05) is 24.3 Å². The van der Waals surface area contributed by atoms with Gasteiger partial charge in [0.15, 0.2) is 5.82 Å². The predicted molar refractivity (Wildman–Crippen MR) is 70.0 cm³/mol. The number of amides is 1. The normalized spacial score (nSPS) is 17.4. The first kappa shape index (κ1) is 12.7. The van der Waals surface area contributed by atoms with Crippen LogP contribution in [0.15, 0.2) is 30.3 Å². The number of nitrogens with one attached hydrogen (secondary N) is 1. The van der Waals surface area contributed by atoms with Crippen molar-refractivity contribution in [3.8, 4) is 5.75 Å². The van der Waals surface area contributed by atoms with Crippen molar-refractivity contribution in [1.82, 2.24) is 4.72 Å². The van der Waals surface area contributed by atoms with Gasteiger partial charge in [0.05, 0.1) is 0 Å². The highest BCUT2D eigenvalue weighted by Crippen LogP contribution is 2.37. The Labute approximate surface area is 113 Å². The van der Waals surface area contributed by atoms with E-state index in [0.29, 0.717) is 9.69 Å². The number of hydrogen-bond acceptors (Lipinski definition) is 4. The van der Waals surface area contributed by atoms with Gasteiger partial charge in [-0.2, -0.15) is 8.42 Å². The monoisotopic (exact) mass is 296 g/mol. The Bertz CT molecular complexity index is 835. The van der Waals surface area contributed by atoms with Crippen molar-refractivity contribution in [3.63, 3.8) is 0 Å². The van der Waals surface area contributed by atoms with Crippen molar-refractivity contribution < 1.29 is 22.7 Å². The van der Waals surface area contributed by atoms with Gasteiger partial charge in [-0.05, 0) is 11.5 Å². The molecule has 0 saturated carbocycles. The number of phenols is 1. The lowest BCUT2D eigenvalue weighted by Gasteiger charge is -2.18. The molecular weight excluding hydrogens is 287 g/mol. The molecule has 8 heteroatoms. The van der Waals surface area contributed by atoms with Crippen LogP contribution in [0.5, 0.6) is 5.75 Å². The summed E-state index contributed by atoms with van der Waals surface area (Å²) in [6, 6.07) is 7.56. The lowest BCUT2D eigenvalue weighted by molar-refractivity contribution is -0.117. The molecule has 0 unspecified atom stereocenters. The summed E-state index contributed by atoms with van der Waals surface area (Å²) in [4.78, 5) is 11.2. The maximum atomic E-state index is 14.4. The van der Waals surface area contributed by atoms with Crippen molar-refractivity contribution in [3.05, 3.63) is 36.1 Å². The molecule has 2 aromatic carbocycles. The van der Waals surface area contributed by atoms with E-state index in [4.69, 9.17) is 0 Å². The summed E-state index contributed by atoms with van der Waals surface area (Å²) in [5, 5.41) is 10.5. The highest BCUT2D eigenvalue weighted by atomic mass is 32.2. The van der Waals surface area contributed by atoms with Gasteiger partial charge < -0.3 is 5.11 Å². The number of phenolic OH excluding ortho intramolecular Hbond substituents is 1. The van der Waals surface area contributed by atoms with Gasteiger partial charge in [-0.3, -0.25) is 4.79 Å². The third kappa shape index (κ3) is 1.76. The first-order valence-corrected chi connectivity index (χ1v) is 7.07. The third-order valence-corrected chi connectivity index (χ3v) is 4.39. The number of anilines is 1. The molecule has 0 bridgehead atoms. The van der Waals surface area contributed by atoms with Crippen LogP contribution in [0.25, 0.3) is 10.8 Å². The molecule has 1 heterocycles. The molecule has 3 rings (SSSR count). The van der Waals surface area contributed by atoms with E-state index in [9.17, 15) is 22.7 Å².